The van der Waals surface area contributed by atoms with Crippen LogP contribution in [0.5, 0.6) is 0 Å². The number of likely N-dealkylation sites (tertiary alicyclic amines) is 1. The van der Waals surface area contributed by atoms with Gasteiger partial charge in [0.15, 0.2) is 0 Å². The average Bonchev–Trinajstić information content (AvgIpc) is 3.10. The van der Waals surface area contributed by atoms with Crippen LogP contribution >= 0.6 is 0 Å². The summed E-state index contributed by atoms with van der Waals surface area (Å²) in [7, 11) is 0. The van der Waals surface area contributed by atoms with Crippen LogP contribution in [0.1, 0.15) is 29.5 Å². The molecule has 128 valence electrons. The highest BCUT2D eigenvalue weighted by molar-refractivity contribution is 5.88. The van der Waals surface area contributed by atoms with E-state index in [0.29, 0.717) is 6.42 Å². The molecule has 4 nitrogen and oxygen atoms in total. The van der Waals surface area contributed by atoms with Crippen LogP contribution in [-0.2, 0) is 11.2 Å². The van der Waals surface area contributed by atoms with E-state index in [9.17, 15) is 4.79 Å². The van der Waals surface area contributed by atoms with Crippen LogP contribution in [-0.4, -0.2) is 37.0 Å². The molecule has 1 aromatic heterocycles. The van der Waals surface area contributed by atoms with Gasteiger partial charge in [-0.05, 0) is 74.9 Å². The third kappa shape index (κ3) is 2.84. The largest absolute Gasteiger partial charge is 0.464 e. The monoisotopic (exact) mass is 326 g/mol. The summed E-state index contributed by atoms with van der Waals surface area (Å²) in [4.78, 5) is 14.9. The first kappa shape index (κ1) is 15.7. The molecule has 2 aliphatic heterocycles. The molecule has 2 fully saturated rings. The molecule has 0 bridgehead atoms. The van der Waals surface area contributed by atoms with E-state index in [4.69, 9.17) is 4.42 Å². The van der Waals surface area contributed by atoms with Crippen molar-refractivity contribution in [2.75, 3.05) is 26.2 Å². The molecule has 4 rings (SSSR count). The average molecular weight is 326 g/mol. The molecule has 1 N–H and O–H groups in total. The Morgan fingerprint density at radius 2 is 1.83 bits per heavy atom. The van der Waals surface area contributed by atoms with Crippen LogP contribution in [0.4, 0.5) is 0 Å². The predicted octanol–water partition coefficient (Wildman–Crippen LogP) is 3.05. The highest BCUT2D eigenvalue weighted by Crippen LogP contribution is 2.28. The number of benzene rings is 1. The molecule has 24 heavy (non-hydrogen) atoms. The number of amides is 1. The maximum absolute atomic E-state index is 12.8. The Morgan fingerprint density at radius 3 is 2.54 bits per heavy atom. The molecule has 0 spiro atoms. The lowest BCUT2D eigenvalue weighted by Crippen LogP contribution is -2.33. The van der Waals surface area contributed by atoms with Crippen molar-refractivity contribution in [1.29, 1.82) is 0 Å². The third-order valence-corrected chi connectivity index (χ3v) is 5.98. The van der Waals surface area contributed by atoms with Crippen molar-refractivity contribution in [3.05, 3.63) is 35.1 Å². The van der Waals surface area contributed by atoms with E-state index < -0.39 is 0 Å². The molecule has 0 unspecified atom stereocenters. The Hall–Kier alpha value is -1.81. The molecular formula is C20H26N2O2. The topological polar surface area (TPSA) is 45.5 Å². The van der Waals surface area contributed by atoms with Gasteiger partial charge in [-0.2, -0.15) is 0 Å². The lowest BCUT2D eigenvalue weighted by atomic mass is 9.92. The first-order valence-corrected chi connectivity index (χ1v) is 9.07. The fraction of sp³-hybridized carbons (Fsp3) is 0.550. The standard InChI is InChI=1S/C20H26N2O2/c1-13-7-18-17(12-24-19(18)8-14(13)2)9-20(23)22-5-3-15-10-21-11-16(15)4-6-22/h7-8,12,15-16,21H,3-6,9-11H2,1-2H3/t15-,16+. The van der Waals surface area contributed by atoms with Crippen molar-refractivity contribution in [3.8, 4) is 0 Å². The highest BCUT2D eigenvalue weighted by atomic mass is 16.3. The van der Waals surface area contributed by atoms with Gasteiger partial charge in [-0.25, -0.2) is 0 Å². The van der Waals surface area contributed by atoms with Crippen molar-refractivity contribution in [2.45, 2.75) is 33.1 Å². The molecule has 2 atom stereocenters. The molecule has 0 aliphatic carbocycles. The van der Waals surface area contributed by atoms with Gasteiger partial charge in [0.1, 0.15) is 5.58 Å². The summed E-state index contributed by atoms with van der Waals surface area (Å²) in [6, 6.07) is 4.22. The second kappa shape index (κ2) is 6.25. The summed E-state index contributed by atoms with van der Waals surface area (Å²) in [6.07, 6.45) is 4.47. The number of nitrogens with zero attached hydrogens (tertiary/aromatic N) is 1. The molecular weight excluding hydrogens is 300 g/mol. The first-order valence-electron chi connectivity index (χ1n) is 9.07. The van der Waals surface area contributed by atoms with Gasteiger partial charge in [0.25, 0.3) is 0 Å². The van der Waals surface area contributed by atoms with Crippen molar-refractivity contribution < 1.29 is 9.21 Å². The zero-order valence-electron chi connectivity index (χ0n) is 14.6. The van der Waals surface area contributed by atoms with Gasteiger partial charge in [-0.3, -0.25) is 4.79 Å². The van der Waals surface area contributed by atoms with Crippen LogP contribution in [0.2, 0.25) is 0 Å². The van der Waals surface area contributed by atoms with E-state index in [1.165, 1.54) is 11.1 Å². The van der Waals surface area contributed by atoms with Crippen LogP contribution in [0.3, 0.4) is 0 Å². The molecule has 2 aromatic rings. The molecule has 0 radical (unpaired) electrons. The SMILES string of the molecule is Cc1cc2occ(CC(=O)N3CC[C@@H]4CNC[C@@H]4CC3)c2cc1C. The van der Waals surface area contributed by atoms with Gasteiger partial charge in [-0.15, -0.1) is 0 Å². The Balaban J connectivity index is 1.49. The number of furan rings is 1. The van der Waals surface area contributed by atoms with Crippen LogP contribution in [0.15, 0.2) is 22.8 Å². The molecule has 2 saturated heterocycles. The minimum Gasteiger partial charge on any atom is -0.464 e. The summed E-state index contributed by atoms with van der Waals surface area (Å²) in [5, 5.41) is 4.57. The smallest absolute Gasteiger partial charge is 0.227 e. The number of hydrogen-bond acceptors (Lipinski definition) is 3. The maximum atomic E-state index is 12.8. The van der Waals surface area contributed by atoms with Gasteiger partial charge in [0, 0.05) is 24.0 Å². The quantitative estimate of drug-likeness (QED) is 0.922. The summed E-state index contributed by atoms with van der Waals surface area (Å²) in [5.74, 6) is 1.75. The van der Waals surface area contributed by atoms with Crippen molar-refractivity contribution in [3.63, 3.8) is 0 Å². The second-order valence-electron chi connectivity index (χ2n) is 7.51. The predicted molar refractivity (Wildman–Crippen MR) is 95.1 cm³/mol. The second-order valence-corrected chi connectivity index (χ2v) is 7.51. The molecule has 3 heterocycles. The summed E-state index contributed by atoms with van der Waals surface area (Å²) >= 11 is 0. The van der Waals surface area contributed by atoms with Crippen molar-refractivity contribution >= 4 is 16.9 Å². The summed E-state index contributed by atoms with van der Waals surface area (Å²) in [5.41, 5.74) is 4.37. The Kier molecular flexibility index (Phi) is 4.09. The number of aryl methyl sites for hydroxylation is 2. The van der Waals surface area contributed by atoms with Gasteiger partial charge in [-0.1, -0.05) is 0 Å². The fourth-order valence-electron chi connectivity index (χ4n) is 4.22. The number of fused-ring (bicyclic) bond motifs is 2. The lowest BCUT2D eigenvalue weighted by molar-refractivity contribution is -0.130. The number of carbonyl (C=O) groups is 1. The summed E-state index contributed by atoms with van der Waals surface area (Å²) < 4.78 is 5.68. The van der Waals surface area contributed by atoms with E-state index in [-0.39, 0.29) is 5.91 Å². The van der Waals surface area contributed by atoms with E-state index in [1.807, 2.05) is 0 Å². The minimum atomic E-state index is 0.240. The van der Waals surface area contributed by atoms with Gasteiger partial charge in [0.2, 0.25) is 5.91 Å². The summed E-state index contributed by atoms with van der Waals surface area (Å²) in [6.45, 7) is 8.24. The molecule has 1 amide bonds. The van der Waals surface area contributed by atoms with Crippen LogP contribution < -0.4 is 5.32 Å². The third-order valence-electron chi connectivity index (χ3n) is 5.98. The zero-order chi connectivity index (χ0) is 16.7. The minimum absolute atomic E-state index is 0.240. The number of nitrogens with one attached hydrogen (secondary N) is 1. The van der Waals surface area contributed by atoms with Gasteiger partial charge >= 0.3 is 0 Å². The van der Waals surface area contributed by atoms with E-state index in [0.717, 1.165) is 67.4 Å². The number of hydrogen-bond donors (Lipinski definition) is 1. The first-order chi connectivity index (χ1) is 11.6. The Bertz CT molecular complexity index is 750. The van der Waals surface area contributed by atoms with Crippen molar-refractivity contribution in [2.24, 2.45) is 11.8 Å². The normalized spacial score (nSPS) is 24.2. The van der Waals surface area contributed by atoms with Crippen LogP contribution in [0.25, 0.3) is 11.0 Å². The van der Waals surface area contributed by atoms with Gasteiger partial charge in [0.05, 0.1) is 12.7 Å². The van der Waals surface area contributed by atoms with Crippen molar-refractivity contribution in [1.82, 2.24) is 10.2 Å². The molecule has 0 saturated carbocycles. The van der Waals surface area contributed by atoms with Crippen LogP contribution in [0, 0.1) is 25.7 Å². The highest BCUT2D eigenvalue weighted by Gasteiger charge is 2.31. The number of rotatable bonds is 2. The Morgan fingerprint density at radius 1 is 1.17 bits per heavy atom. The molecule has 1 aromatic carbocycles. The molecule has 4 heteroatoms. The van der Waals surface area contributed by atoms with E-state index >= 15 is 0 Å². The number of carbonyl (C=O) groups excluding carboxylic acids is 1. The Labute approximate surface area is 143 Å². The fourth-order valence-corrected chi connectivity index (χ4v) is 4.22. The zero-order valence-corrected chi connectivity index (χ0v) is 14.6. The molecule has 2 aliphatic rings. The van der Waals surface area contributed by atoms with E-state index in [1.54, 1.807) is 6.26 Å². The van der Waals surface area contributed by atoms with E-state index in [2.05, 4.69) is 36.2 Å². The lowest BCUT2D eigenvalue weighted by Gasteiger charge is -2.20. The van der Waals surface area contributed by atoms with Gasteiger partial charge < -0.3 is 14.6 Å². The maximum Gasteiger partial charge on any atom is 0.227 e.